The zero-order valence-electron chi connectivity index (χ0n) is 13.0. The molecule has 0 heterocycles. The van der Waals surface area contributed by atoms with Crippen molar-refractivity contribution in [1.82, 2.24) is 10.6 Å². The number of nitrogens with one attached hydrogen (secondary N) is 2. The van der Waals surface area contributed by atoms with Crippen LogP contribution in [0.4, 0.5) is 0 Å². The Morgan fingerprint density at radius 2 is 1.67 bits per heavy atom. The van der Waals surface area contributed by atoms with Crippen molar-refractivity contribution in [3.8, 4) is 0 Å². The second kappa shape index (κ2) is 8.00. The van der Waals surface area contributed by atoms with Crippen LogP contribution in [0.1, 0.15) is 52.9 Å². The van der Waals surface area contributed by atoms with E-state index in [0.29, 0.717) is 6.42 Å². The van der Waals surface area contributed by atoms with E-state index >= 15 is 0 Å². The van der Waals surface area contributed by atoms with E-state index in [9.17, 15) is 14.4 Å². The molecule has 1 aliphatic rings. The van der Waals surface area contributed by atoms with Crippen LogP contribution in [0.3, 0.4) is 0 Å². The van der Waals surface area contributed by atoms with Crippen LogP contribution in [0.2, 0.25) is 0 Å². The molecule has 1 aliphatic carbocycles. The Bertz CT molecular complexity index is 389. The predicted molar refractivity (Wildman–Crippen MR) is 78.6 cm³/mol. The average Bonchev–Trinajstić information content (AvgIpc) is 2.90. The van der Waals surface area contributed by atoms with Gasteiger partial charge in [-0.05, 0) is 32.1 Å². The van der Waals surface area contributed by atoms with Gasteiger partial charge in [0.05, 0.1) is 0 Å². The maximum Gasteiger partial charge on any atom is 0.326 e. The Hall–Kier alpha value is -1.59. The van der Waals surface area contributed by atoms with Crippen LogP contribution < -0.4 is 10.6 Å². The smallest absolute Gasteiger partial charge is 0.326 e. The van der Waals surface area contributed by atoms with Gasteiger partial charge in [-0.25, -0.2) is 4.79 Å². The van der Waals surface area contributed by atoms with Crippen molar-refractivity contribution in [2.45, 2.75) is 65.0 Å². The van der Waals surface area contributed by atoms with Gasteiger partial charge in [-0.2, -0.15) is 0 Å². The van der Waals surface area contributed by atoms with Gasteiger partial charge in [-0.3, -0.25) is 9.59 Å². The van der Waals surface area contributed by atoms with Gasteiger partial charge in [-0.15, -0.1) is 0 Å². The topological polar surface area (TPSA) is 95.5 Å². The molecule has 2 amide bonds. The molecule has 0 aliphatic heterocycles. The highest BCUT2D eigenvalue weighted by atomic mass is 16.4. The van der Waals surface area contributed by atoms with Crippen molar-refractivity contribution >= 4 is 17.8 Å². The highest BCUT2D eigenvalue weighted by Gasteiger charge is 2.27. The number of hydrogen-bond acceptors (Lipinski definition) is 3. The molecule has 1 fully saturated rings. The number of carbonyl (C=O) groups excluding carboxylic acids is 2. The van der Waals surface area contributed by atoms with Gasteiger partial charge in [0, 0.05) is 5.92 Å². The molecule has 0 aromatic rings. The molecule has 0 radical (unpaired) electrons. The number of carboxylic acids is 1. The van der Waals surface area contributed by atoms with E-state index in [1.807, 2.05) is 13.8 Å². The monoisotopic (exact) mass is 298 g/mol. The van der Waals surface area contributed by atoms with Crippen LogP contribution in [-0.2, 0) is 14.4 Å². The van der Waals surface area contributed by atoms with E-state index in [0.717, 1.165) is 25.7 Å². The molecule has 0 aromatic carbocycles. The maximum absolute atomic E-state index is 12.0. The summed E-state index contributed by atoms with van der Waals surface area (Å²) in [5, 5.41) is 14.3. The molecule has 0 aromatic heterocycles. The van der Waals surface area contributed by atoms with Gasteiger partial charge in [0.15, 0.2) is 0 Å². The molecule has 120 valence electrons. The Morgan fingerprint density at radius 3 is 2.14 bits per heavy atom. The van der Waals surface area contributed by atoms with Crippen LogP contribution in [0, 0.1) is 11.8 Å². The first kappa shape index (κ1) is 17.5. The van der Waals surface area contributed by atoms with Gasteiger partial charge in [-0.1, -0.05) is 26.7 Å². The van der Waals surface area contributed by atoms with E-state index in [-0.39, 0.29) is 17.7 Å². The number of carboxylic acid groups (broad SMARTS) is 1. The fourth-order valence-electron chi connectivity index (χ4n) is 2.57. The fourth-order valence-corrected chi connectivity index (χ4v) is 2.57. The third kappa shape index (κ3) is 5.73. The largest absolute Gasteiger partial charge is 0.480 e. The van der Waals surface area contributed by atoms with Crippen molar-refractivity contribution in [2.24, 2.45) is 11.8 Å². The summed E-state index contributed by atoms with van der Waals surface area (Å²) in [7, 11) is 0. The van der Waals surface area contributed by atoms with Crippen molar-refractivity contribution in [3.63, 3.8) is 0 Å². The molecule has 2 atom stereocenters. The van der Waals surface area contributed by atoms with Crippen LogP contribution >= 0.6 is 0 Å². The Kier molecular flexibility index (Phi) is 6.65. The normalized spacial score (nSPS) is 18.3. The lowest BCUT2D eigenvalue weighted by Crippen LogP contribution is -2.51. The van der Waals surface area contributed by atoms with Crippen molar-refractivity contribution in [3.05, 3.63) is 0 Å². The molecule has 1 unspecified atom stereocenters. The summed E-state index contributed by atoms with van der Waals surface area (Å²) in [5.41, 5.74) is 0. The minimum absolute atomic E-state index is 0.00816. The first-order valence-corrected chi connectivity index (χ1v) is 7.64. The Balaban J connectivity index is 2.48. The SMILES string of the molecule is CC(C)C[C@H](NC(=O)C(C)NC(=O)C1CCCC1)C(=O)O. The molecule has 0 spiro atoms. The molecule has 6 nitrogen and oxygen atoms in total. The standard InChI is InChI=1S/C15H26N2O4/c1-9(2)8-12(15(20)21)17-13(18)10(3)16-14(19)11-6-4-5-7-11/h9-12H,4-8H2,1-3H3,(H,16,19)(H,17,18)(H,20,21)/t10?,12-/m0/s1. The number of carbonyl (C=O) groups is 3. The highest BCUT2D eigenvalue weighted by molar-refractivity contribution is 5.90. The Morgan fingerprint density at radius 1 is 1.10 bits per heavy atom. The summed E-state index contributed by atoms with van der Waals surface area (Å²) in [5.74, 6) is -1.45. The summed E-state index contributed by atoms with van der Waals surface area (Å²) < 4.78 is 0. The number of aliphatic carboxylic acids is 1. The van der Waals surface area contributed by atoms with E-state index in [1.165, 1.54) is 0 Å². The van der Waals surface area contributed by atoms with E-state index in [2.05, 4.69) is 10.6 Å². The molecule has 1 saturated carbocycles. The number of rotatable bonds is 7. The van der Waals surface area contributed by atoms with Crippen LogP contribution in [0.25, 0.3) is 0 Å². The van der Waals surface area contributed by atoms with Crippen molar-refractivity contribution in [2.75, 3.05) is 0 Å². The maximum atomic E-state index is 12.0. The average molecular weight is 298 g/mol. The van der Waals surface area contributed by atoms with Crippen LogP contribution in [0.5, 0.6) is 0 Å². The second-order valence-electron chi connectivity index (χ2n) is 6.24. The lowest BCUT2D eigenvalue weighted by Gasteiger charge is -2.21. The zero-order chi connectivity index (χ0) is 16.0. The zero-order valence-corrected chi connectivity index (χ0v) is 13.0. The third-order valence-corrected chi connectivity index (χ3v) is 3.80. The summed E-state index contributed by atoms with van der Waals surface area (Å²) in [6, 6.07) is -1.63. The fraction of sp³-hybridized carbons (Fsp3) is 0.800. The van der Waals surface area contributed by atoms with Gasteiger partial charge >= 0.3 is 5.97 Å². The first-order valence-electron chi connectivity index (χ1n) is 7.64. The molecular formula is C15H26N2O4. The first-order chi connectivity index (χ1) is 9.81. The molecule has 21 heavy (non-hydrogen) atoms. The number of hydrogen-bond donors (Lipinski definition) is 3. The molecule has 0 saturated heterocycles. The third-order valence-electron chi connectivity index (χ3n) is 3.80. The summed E-state index contributed by atoms with van der Waals surface area (Å²) >= 11 is 0. The lowest BCUT2D eigenvalue weighted by atomic mass is 10.0. The minimum Gasteiger partial charge on any atom is -0.480 e. The minimum atomic E-state index is -1.05. The van der Waals surface area contributed by atoms with Crippen LogP contribution in [-0.4, -0.2) is 35.0 Å². The molecule has 6 heteroatoms. The predicted octanol–water partition coefficient (Wildman–Crippen LogP) is 1.30. The van der Waals surface area contributed by atoms with Crippen molar-refractivity contribution < 1.29 is 19.5 Å². The second-order valence-corrected chi connectivity index (χ2v) is 6.24. The van der Waals surface area contributed by atoms with Crippen molar-refractivity contribution in [1.29, 1.82) is 0 Å². The van der Waals surface area contributed by atoms with E-state index in [4.69, 9.17) is 5.11 Å². The van der Waals surface area contributed by atoms with Gasteiger partial charge in [0.25, 0.3) is 0 Å². The molecule has 1 rings (SSSR count). The summed E-state index contributed by atoms with van der Waals surface area (Å²) in [6.45, 7) is 5.37. The Labute approximate surface area is 125 Å². The summed E-state index contributed by atoms with van der Waals surface area (Å²) in [6.07, 6.45) is 4.20. The molecular weight excluding hydrogens is 272 g/mol. The van der Waals surface area contributed by atoms with Crippen LogP contribution in [0.15, 0.2) is 0 Å². The van der Waals surface area contributed by atoms with Gasteiger partial charge in [0.1, 0.15) is 12.1 Å². The molecule has 3 N–H and O–H groups in total. The highest BCUT2D eigenvalue weighted by Crippen LogP contribution is 2.24. The molecule has 0 bridgehead atoms. The number of amides is 2. The van der Waals surface area contributed by atoms with Gasteiger partial charge in [0.2, 0.25) is 11.8 Å². The summed E-state index contributed by atoms with van der Waals surface area (Å²) in [4.78, 5) is 35.1. The van der Waals surface area contributed by atoms with E-state index in [1.54, 1.807) is 6.92 Å². The van der Waals surface area contributed by atoms with Gasteiger partial charge < -0.3 is 15.7 Å². The lowest BCUT2D eigenvalue weighted by molar-refractivity contribution is -0.142. The quantitative estimate of drug-likeness (QED) is 0.660. The van der Waals surface area contributed by atoms with E-state index < -0.39 is 24.0 Å².